The van der Waals surface area contributed by atoms with Crippen LogP contribution in [0, 0.1) is 11.8 Å². The van der Waals surface area contributed by atoms with Crippen LogP contribution in [0.15, 0.2) is 11.1 Å². The summed E-state index contributed by atoms with van der Waals surface area (Å²) in [5, 5.41) is 0.923. The summed E-state index contributed by atoms with van der Waals surface area (Å²) < 4.78 is 4.81. The number of carbonyl (C=O) groups excluding carboxylic acids is 1. The SMILES string of the molecule is COC(=O)C1C2=C(CBr)CCCCC21. The van der Waals surface area contributed by atoms with E-state index >= 15 is 0 Å². The molecule has 2 aliphatic rings. The molecule has 0 bridgehead atoms. The van der Waals surface area contributed by atoms with E-state index in [-0.39, 0.29) is 11.9 Å². The predicted octanol–water partition coefficient (Wildman–Crippen LogP) is 2.67. The highest BCUT2D eigenvalue weighted by molar-refractivity contribution is 9.09. The van der Waals surface area contributed by atoms with Gasteiger partial charge >= 0.3 is 5.97 Å². The molecule has 0 heterocycles. The van der Waals surface area contributed by atoms with Crippen LogP contribution in [0.5, 0.6) is 0 Å². The standard InChI is InChI=1S/C11H15BrO2/c1-14-11(13)10-8-5-3-2-4-7(6-12)9(8)10/h8,10H,2-6H2,1H3. The van der Waals surface area contributed by atoms with E-state index < -0.39 is 0 Å². The summed E-state index contributed by atoms with van der Waals surface area (Å²) in [6.45, 7) is 0. The van der Waals surface area contributed by atoms with Crippen molar-refractivity contribution in [1.82, 2.24) is 0 Å². The smallest absolute Gasteiger partial charge is 0.313 e. The minimum absolute atomic E-state index is 0.0367. The number of carbonyl (C=O) groups is 1. The number of fused-ring (bicyclic) bond motifs is 1. The molecule has 78 valence electrons. The van der Waals surface area contributed by atoms with E-state index in [4.69, 9.17) is 4.74 Å². The van der Waals surface area contributed by atoms with Crippen LogP contribution >= 0.6 is 15.9 Å². The zero-order chi connectivity index (χ0) is 10.1. The van der Waals surface area contributed by atoms with E-state index in [9.17, 15) is 4.79 Å². The van der Waals surface area contributed by atoms with Crippen LogP contribution in [-0.4, -0.2) is 18.4 Å². The minimum atomic E-state index is -0.0367. The zero-order valence-corrected chi connectivity index (χ0v) is 9.97. The third kappa shape index (κ3) is 1.62. The lowest BCUT2D eigenvalue weighted by atomic mass is 10.1. The maximum atomic E-state index is 11.4. The van der Waals surface area contributed by atoms with Gasteiger partial charge in [-0.15, -0.1) is 0 Å². The third-order valence-electron chi connectivity index (χ3n) is 3.30. The first kappa shape index (κ1) is 10.2. The van der Waals surface area contributed by atoms with Crippen LogP contribution in [0.25, 0.3) is 0 Å². The zero-order valence-electron chi connectivity index (χ0n) is 8.38. The Morgan fingerprint density at radius 1 is 1.57 bits per heavy atom. The van der Waals surface area contributed by atoms with Gasteiger partial charge < -0.3 is 4.74 Å². The highest BCUT2D eigenvalue weighted by Crippen LogP contribution is 2.54. The summed E-state index contributed by atoms with van der Waals surface area (Å²) in [4.78, 5) is 11.4. The van der Waals surface area contributed by atoms with Gasteiger partial charge in [-0.3, -0.25) is 4.79 Å². The van der Waals surface area contributed by atoms with Crippen LogP contribution in [-0.2, 0) is 9.53 Å². The summed E-state index contributed by atoms with van der Waals surface area (Å²) in [7, 11) is 1.48. The van der Waals surface area contributed by atoms with E-state index in [1.54, 1.807) is 0 Å². The number of rotatable bonds is 2. The molecule has 2 aliphatic carbocycles. The first-order valence-corrected chi connectivity index (χ1v) is 6.27. The molecule has 0 N–H and O–H groups in total. The molecule has 3 heteroatoms. The molecule has 1 saturated carbocycles. The number of esters is 1. The predicted molar refractivity (Wildman–Crippen MR) is 58.3 cm³/mol. The van der Waals surface area contributed by atoms with Gasteiger partial charge in [0.25, 0.3) is 0 Å². The molecule has 0 amide bonds. The van der Waals surface area contributed by atoms with Crippen LogP contribution in [0.4, 0.5) is 0 Å². The van der Waals surface area contributed by atoms with Crippen molar-refractivity contribution in [2.24, 2.45) is 11.8 Å². The highest BCUT2D eigenvalue weighted by Gasteiger charge is 2.51. The van der Waals surface area contributed by atoms with Crippen LogP contribution < -0.4 is 0 Å². The number of hydrogen-bond acceptors (Lipinski definition) is 2. The van der Waals surface area contributed by atoms with Crippen LogP contribution in [0.3, 0.4) is 0 Å². The molecule has 2 nitrogen and oxygen atoms in total. The van der Waals surface area contributed by atoms with E-state index in [1.807, 2.05) is 0 Å². The normalized spacial score (nSPS) is 30.7. The molecule has 0 aromatic heterocycles. The molecular weight excluding hydrogens is 244 g/mol. The van der Waals surface area contributed by atoms with Gasteiger partial charge in [0.05, 0.1) is 13.0 Å². The van der Waals surface area contributed by atoms with Crippen molar-refractivity contribution in [2.45, 2.75) is 25.7 Å². The second kappa shape index (κ2) is 4.05. The Morgan fingerprint density at radius 3 is 3.00 bits per heavy atom. The Bertz CT molecular complexity index is 283. The first-order chi connectivity index (χ1) is 6.79. The summed E-state index contributed by atoms with van der Waals surface area (Å²) in [5.74, 6) is 0.579. The maximum absolute atomic E-state index is 11.4. The number of ether oxygens (including phenoxy) is 1. The molecule has 0 aromatic rings. The van der Waals surface area contributed by atoms with Gasteiger partial charge in [-0.25, -0.2) is 0 Å². The summed E-state index contributed by atoms with van der Waals surface area (Å²) in [6.07, 6.45) is 4.85. The van der Waals surface area contributed by atoms with E-state index in [0.29, 0.717) is 5.92 Å². The molecule has 14 heavy (non-hydrogen) atoms. The van der Waals surface area contributed by atoms with Gasteiger partial charge in [0.1, 0.15) is 0 Å². The third-order valence-corrected chi connectivity index (χ3v) is 3.97. The molecule has 0 aromatic carbocycles. The molecule has 2 rings (SSSR count). The minimum Gasteiger partial charge on any atom is -0.469 e. The van der Waals surface area contributed by atoms with Gasteiger partial charge in [-0.05, 0) is 25.2 Å². The summed E-state index contributed by atoms with van der Waals surface area (Å²) >= 11 is 3.50. The van der Waals surface area contributed by atoms with Crippen molar-refractivity contribution < 1.29 is 9.53 Å². The molecule has 0 aliphatic heterocycles. The van der Waals surface area contributed by atoms with Gasteiger partial charge in [0, 0.05) is 5.33 Å². The largest absolute Gasteiger partial charge is 0.469 e. The van der Waals surface area contributed by atoms with Crippen molar-refractivity contribution in [3.05, 3.63) is 11.1 Å². The van der Waals surface area contributed by atoms with Crippen LogP contribution in [0.1, 0.15) is 25.7 Å². The fourth-order valence-electron chi connectivity index (χ4n) is 2.53. The Kier molecular flexibility index (Phi) is 2.96. The number of methoxy groups -OCH3 is 1. The maximum Gasteiger partial charge on any atom is 0.313 e. The quantitative estimate of drug-likeness (QED) is 0.433. The Morgan fingerprint density at radius 2 is 2.36 bits per heavy atom. The average Bonchev–Trinajstić information content (AvgIpc) is 2.91. The van der Waals surface area contributed by atoms with Crippen molar-refractivity contribution in [1.29, 1.82) is 0 Å². The first-order valence-electron chi connectivity index (χ1n) is 5.15. The highest BCUT2D eigenvalue weighted by atomic mass is 79.9. The van der Waals surface area contributed by atoms with Crippen molar-refractivity contribution >= 4 is 21.9 Å². The second-order valence-corrected chi connectivity index (χ2v) is 4.61. The lowest BCUT2D eigenvalue weighted by molar-refractivity contribution is -0.142. The number of allylic oxidation sites excluding steroid dienone is 1. The van der Waals surface area contributed by atoms with E-state index in [1.165, 1.54) is 37.5 Å². The number of alkyl halides is 1. The van der Waals surface area contributed by atoms with Crippen LogP contribution in [0.2, 0.25) is 0 Å². The van der Waals surface area contributed by atoms with Crippen molar-refractivity contribution in [3.63, 3.8) is 0 Å². The molecule has 0 saturated heterocycles. The Labute approximate surface area is 92.8 Å². The lowest BCUT2D eigenvalue weighted by Crippen LogP contribution is -2.05. The van der Waals surface area contributed by atoms with Gasteiger partial charge in [0.2, 0.25) is 0 Å². The Balaban J connectivity index is 2.18. The van der Waals surface area contributed by atoms with E-state index in [2.05, 4.69) is 15.9 Å². The summed E-state index contributed by atoms with van der Waals surface area (Å²) in [6, 6.07) is 0. The second-order valence-electron chi connectivity index (χ2n) is 4.05. The fraction of sp³-hybridized carbons (Fsp3) is 0.727. The van der Waals surface area contributed by atoms with Crippen molar-refractivity contribution in [3.8, 4) is 0 Å². The fourth-order valence-corrected chi connectivity index (χ4v) is 3.13. The summed E-state index contributed by atoms with van der Waals surface area (Å²) in [5.41, 5.74) is 2.83. The number of hydrogen-bond donors (Lipinski definition) is 0. The van der Waals surface area contributed by atoms with Gasteiger partial charge in [-0.1, -0.05) is 33.5 Å². The lowest BCUT2D eigenvalue weighted by Gasteiger charge is -2.02. The number of halogens is 1. The topological polar surface area (TPSA) is 26.3 Å². The van der Waals surface area contributed by atoms with Gasteiger partial charge in [0.15, 0.2) is 0 Å². The molecule has 0 radical (unpaired) electrons. The molecule has 1 fully saturated rings. The monoisotopic (exact) mass is 258 g/mol. The van der Waals surface area contributed by atoms with Gasteiger partial charge in [-0.2, -0.15) is 0 Å². The molecular formula is C11H15BrO2. The van der Waals surface area contributed by atoms with Crippen molar-refractivity contribution in [2.75, 3.05) is 12.4 Å². The van der Waals surface area contributed by atoms with E-state index in [0.717, 1.165) is 11.8 Å². The molecule has 0 spiro atoms. The molecule has 2 unspecified atom stereocenters. The molecule has 2 atom stereocenters. The average molecular weight is 259 g/mol. The Hall–Kier alpha value is -0.310.